The summed E-state index contributed by atoms with van der Waals surface area (Å²) >= 11 is 0. The average Bonchev–Trinajstić information content (AvgIpc) is 2.80. The first-order valence-corrected chi connectivity index (χ1v) is 6.75. The monoisotopic (exact) mass is 246 g/mol. The molecule has 0 spiro atoms. The van der Waals surface area contributed by atoms with Crippen molar-refractivity contribution >= 4 is 10.0 Å². The zero-order chi connectivity index (χ0) is 12.2. The Hall–Kier alpha value is -0.850. The first-order valence-electron chi connectivity index (χ1n) is 5.27. The molecule has 0 amide bonds. The molecule has 1 aromatic rings. The number of rotatable bonds is 6. The average molecular weight is 246 g/mol. The van der Waals surface area contributed by atoms with E-state index in [-0.39, 0.29) is 11.6 Å². The van der Waals surface area contributed by atoms with Crippen LogP contribution in [0.3, 0.4) is 0 Å². The minimum Gasteiger partial charge on any atom is -0.452 e. The van der Waals surface area contributed by atoms with Gasteiger partial charge in [-0.1, -0.05) is 13.8 Å². The lowest BCUT2D eigenvalue weighted by atomic mass is 9.95. The summed E-state index contributed by atoms with van der Waals surface area (Å²) in [6, 6.07) is 2.95. The maximum absolute atomic E-state index is 11.9. The van der Waals surface area contributed by atoms with Gasteiger partial charge in [0.05, 0.1) is 6.26 Å². The van der Waals surface area contributed by atoms with Crippen LogP contribution in [0.25, 0.3) is 0 Å². The molecule has 0 aliphatic carbocycles. The first kappa shape index (κ1) is 13.2. The van der Waals surface area contributed by atoms with Gasteiger partial charge in [0.1, 0.15) is 0 Å². The third kappa shape index (κ3) is 2.63. The van der Waals surface area contributed by atoms with Crippen molar-refractivity contribution in [3.05, 3.63) is 18.4 Å². The predicted molar refractivity (Wildman–Crippen MR) is 61.4 cm³/mol. The fraction of sp³-hybridized carbons (Fsp3) is 0.600. The summed E-state index contributed by atoms with van der Waals surface area (Å²) in [5, 5.41) is -0.0766. The van der Waals surface area contributed by atoms with Gasteiger partial charge in [0.2, 0.25) is 5.09 Å². The molecule has 0 aliphatic heterocycles. The molecule has 0 aliphatic rings. The van der Waals surface area contributed by atoms with Crippen LogP contribution in [0.2, 0.25) is 0 Å². The Labute approximate surface area is 96.1 Å². The minimum absolute atomic E-state index is 0.0766. The Bertz CT molecular complexity index is 399. The van der Waals surface area contributed by atoms with E-state index < -0.39 is 15.6 Å². The van der Waals surface area contributed by atoms with Gasteiger partial charge in [0.25, 0.3) is 10.0 Å². The van der Waals surface area contributed by atoms with E-state index in [4.69, 9.17) is 10.2 Å². The summed E-state index contributed by atoms with van der Waals surface area (Å²) in [5.74, 6) is 0. The molecule has 0 radical (unpaired) electrons. The van der Waals surface area contributed by atoms with E-state index in [1.165, 1.54) is 18.4 Å². The summed E-state index contributed by atoms with van der Waals surface area (Å²) in [5.41, 5.74) is 5.04. The maximum Gasteiger partial charge on any atom is 0.274 e. The fourth-order valence-electron chi connectivity index (χ4n) is 1.48. The van der Waals surface area contributed by atoms with E-state index in [1.54, 1.807) is 0 Å². The van der Waals surface area contributed by atoms with Gasteiger partial charge in [-0.05, 0) is 25.0 Å². The zero-order valence-corrected chi connectivity index (χ0v) is 10.4. The lowest BCUT2D eigenvalue weighted by molar-refractivity contribution is 0.355. The number of furan rings is 1. The van der Waals surface area contributed by atoms with Gasteiger partial charge in [-0.25, -0.2) is 13.1 Å². The van der Waals surface area contributed by atoms with Crippen LogP contribution in [0.1, 0.15) is 26.7 Å². The molecular weight excluding hydrogens is 228 g/mol. The van der Waals surface area contributed by atoms with Crippen molar-refractivity contribution in [2.75, 3.05) is 6.54 Å². The summed E-state index contributed by atoms with van der Waals surface area (Å²) in [6.07, 6.45) is 2.61. The van der Waals surface area contributed by atoms with Crippen molar-refractivity contribution < 1.29 is 12.8 Å². The Kier molecular flexibility index (Phi) is 4.12. The molecule has 3 N–H and O–H groups in total. The number of nitrogens with one attached hydrogen (secondary N) is 1. The van der Waals surface area contributed by atoms with E-state index in [2.05, 4.69) is 4.72 Å². The van der Waals surface area contributed by atoms with Crippen LogP contribution in [0, 0.1) is 0 Å². The number of hydrogen-bond acceptors (Lipinski definition) is 4. The van der Waals surface area contributed by atoms with Crippen LogP contribution in [0.15, 0.2) is 27.9 Å². The van der Waals surface area contributed by atoms with Crippen molar-refractivity contribution in [1.82, 2.24) is 4.72 Å². The zero-order valence-electron chi connectivity index (χ0n) is 9.56. The number of sulfonamides is 1. The van der Waals surface area contributed by atoms with Crippen molar-refractivity contribution in [2.45, 2.75) is 37.3 Å². The van der Waals surface area contributed by atoms with Crippen molar-refractivity contribution in [2.24, 2.45) is 5.73 Å². The molecule has 0 atom stereocenters. The Balaban J connectivity index is 2.96. The van der Waals surface area contributed by atoms with Crippen molar-refractivity contribution in [1.29, 1.82) is 0 Å². The third-order valence-corrected chi connectivity index (χ3v) is 4.32. The van der Waals surface area contributed by atoms with E-state index in [1.807, 2.05) is 13.8 Å². The maximum atomic E-state index is 11.9. The standard InChI is InChI=1S/C10H18N2O3S/c1-3-10(4-2,8-11)12-16(13,14)9-6-5-7-15-9/h5-7,12H,3-4,8,11H2,1-2H3. The molecule has 16 heavy (non-hydrogen) atoms. The molecule has 1 rings (SSSR count). The van der Waals surface area contributed by atoms with Gasteiger partial charge in [-0.3, -0.25) is 0 Å². The smallest absolute Gasteiger partial charge is 0.274 e. The minimum atomic E-state index is -3.61. The Morgan fingerprint density at radius 1 is 1.44 bits per heavy atom. The molecule has 1 aromatic heterocycles. The normalized spacial score (nSPS) is 12.9. The Morgan fingerprint density at radius 2 is 2.06 bits per heavy atom. The van der Waals surface area contributed by atoms with Gasteiger partial charge in [-0.15, -0.1) is 0 Å². The van der Waals surface area contributed by atoms with Crippen molar-refractivity contribution in [3.63, 3.8) is 0 Å². The molecule has 0 aromatic carbocycles. The summed E-state index contributed by atoms with van der Waals surface area (Å²) < 4.78 is 31.3. The second kappa shape index (κ2) is 4.99. The highest BCUT2D eigenvalue weighted by molar-refractivity contribution is 7.89. The lowest BCUT2D eigenvalue weighted by Crippen LogP contribution is -2.52. The Morgan fingerprint density at radius 3 is 2.44 bits per heavy atom. The van der Waals surface area contributed by atoms with E-state index >= 15 is 0 Å². The molecule has 92 valence electrons. The first-order chi connectivity index (χ1) is 7.49. The van der Waals surface area contributed by atoms with Crippen LogP contribution < -0.4 is 10.5 Å². The summed E-state index contributed by atoms with van der Waals surface area (Å²) in [7, 11) is -3.61. The van der Waals surface area contributed by atoms with E-state index in [0.29, 0.717) is 12.8 Å². The van der Waals surface area contributed by atoms with E-state index in [0.717, 1.165) is 0 Å². The topological polar surface area (TPSA) is 85.3 Å². The highest BCUT2D eigenvalue weighted by atomic mass is 32.2. The molecule has 5 nitrogen and oxygen atoms in total. The van der Waals surface area contributed by atoms with Gasteiger partial charge < -0.3 is 10.2 Å². The van der Waals surface area contributed by atoms with Crippen LogP contribution >= 0.6 is 0 Å². The van der Waals surface area contributed by atoms with Crippen LogP contribution in [0.5, 0.6) is 0 Å². The molecule has 0 unspecified atom stereocenters. The third-order valence-electron chi connectivity index (χ3n) is 2.86. The predicted octanol–water partition coefficient (Wildman–Crippen LogP) is 1.08. The van der Waals surface area contributed by atoms with Crippen LogP contribution in [-0.4, -0.2) is 20.5 Å². The highest BCUT2D eigenvalue weighted by Gasteiger charge is 2.31. The molecule has 6 heteroatoms. The van der Waals surface area contributed by atoms with Gasteiger partial charge >= 0.3 is 0 Å². The second-order valence-electron chi connectivity index (χ2n) is 3.73. The van der Waals surface area contributed by atoms with Crippen LogP contribution in [0.4, 0.5) is 0 Å². The molecule has 0 saturated carbocycles. The highest BCUT2D eigenvalue weighted by Crippen LogP contribution is 2.18. The van der Waals surface area contributed by atoms with Gasteiger partial charge in [0, 0.05) is 12.1 Å². The molecule has 1 heterocycles. The second-order valence-corrected chi connectivity index (χ2v) is 5.34. The molecule has 0 fully saturated rings. The molecule has 0 bridgehead atoms. The molecule has 0 saturated heterocycles. The lowest BCUT2D eigenvalue weighted by Gasteiger charge is -2.30. The SMILES string of the molecule is CCC(CC)(CN)NS(=O)(=O)c1ccco1. The fourth-order valence-corrected chi connectivity index (χ4v) is 2.96. The van der Waals surface area contributed by atoms with Crippen molar-refractivity contribution in [3.8, 4) is 0 Å². The summed E-state index contributed by atoms with van der Waals surface area (Å²) in [4.78, 5) is 0. The number of hydrogen-bond donors (Lipinski definition) is 2. The number of nitrogens with two attached hydrogens (primary N) is 1. The summed E-state index contributed by atoms with van der Waals surface area (Å²) in [6.45, 7) is 4.07. The van der Waals surface area contributed by atoms with E-state index in [9.17, 15) is 8.42 Å². The quantitative estimate of drug-likeness (QED) is 0.786. The van der Waals surface area contributed by atoms with Gasteiger partial charge in [-0.2, -0.15) is 0 Å². The van der Waals surface area contributed by atoms with Crippen LogP contribution in [-0.2, 0) is 10.0 Å². The van der Waals surface area contributed by atoms with Gasteiger partial charge in [0.15, 0.2) is 0 Å². The molecular formula is C10H18N2O3S. The largest absolute Gasteiger partial charge is 0.452 e.